The van der Waals surface area contributed by atoms with Gasteiger partial charge in [-0.1, -0.05) is 12.1 Å². The Morgan fingerprint density at radius 3 is 2.68 bits per heavy atom. The third kappa shape index (κ3) is 3.17. The molecule has 0 radical (unpaired) electrons. The summed E-state index contributed by atoms with van der Waals surface area (Å²) < 4.78 is 11.0. The zero-order chi connectivity index (χ0) is 15.4. The van der Waals surface area contributed by atoms with Crippen LogP contribution in [0.25, 0.3) is 0 Å². The number of benzene rings is 2. The molecular weight excluding hydrogens is 284 g/mol. The normalized spacial score (nSPS) is 16.5. The Morgan fingerprint density at radius 1 is 1.18 bits per heavy atom. The molecule has 0 saturated carbocycles. The zero-order valence-electron chi connectivity index (χ0n) is 11.6. The molecule has 2 aromatic rings. The summed E-state index contributed by atoms with van der Waals surface area (Å²) in [6, 6.07) is 13.6. The number of para-hydroxylation sites is 2. The third-order valence-electron chi connectivity index (χ3n) is 3.08. The minimum Gasteiger partial charge on any atom is -0.508 e. The van der Waals surface area contributed by atoms with E-state index in [1.807, 2.05) is 12.1 Å². The summed E-state index contributed by atoms with van der Waals surface area (Å²) in [6.45, 7) is 0.136. The second kappa shape index (κ2) is 6.17. The molecule has 1 amide bonds. The molecule has 1 atom stereocenters. The number of nitrogens with zero attached hydrogens (tertiary/aromatic N) is 1. The van der Waals surface area contributed by atoms with Gasteiger partial charge in [0.2, 0.25) is 6.10 Å². The lowest BCUT2D eigenvalue weighted by Crippen LogP contribution is -2.42. The van der Waals surface area contributed by atoms with Gasteiger partial charge in [-0.2, -0.15) is 5.10 Å². The highest BCUT2D eigenvalue weighted by Gasteiger charge is 2.26. The number of ether oxygens (including phenoxy) is 2. The smallest absolute Gasteiger partial charge is 0.284 e. The SMILES string of the molecule is O=C(N/N=C/c1ccc(O)cc1)[C@H]1COc2ccccc2O1. The summed E-state index contributed by atoms with van der Waals surface area (Å²) in [4.78, 5) is 12.0. The maximum atomic E-state index is 12.0. The molecular formula is C16H14N2O4. The number of rotatable bonds is 3. The number of fused-ring (bicyclic) bond motifs is 1. The molecule has 0 unspecified atom stereocenters. The fourth-order valence-corrected chi connectivity index (χ4v) is 1.95. The average Bonchev–Trinajstić information content (AvgIpc) is 2.56. The summed E-state index contributed by atoms with van der Waals surface area (Å²) >= 11 is 0. The van der Waals surface area contributed by atoms with E-state index in [0.29, 0.717) is 11.5 Å². The first kappa shape index (κ1) is 13.9. The second-order valence-electron chi connectivity index (χ2n) is 4.69. The van der Waals surface area contributed by atoms with Crippen molar-refractivity contribution in [1.82, 2.24) is 5.43 Å². The van der Waals surface area contributed by atoms with Crippen LogP contribution >= 0.6 is 0 Å². The molecule has 112 valence electrons. The van der Waals surface area contributed by atoms with E-state index in [1.54, 1.807) is 24.3 Å². The summed E-state index contributed by atoms with van der Waals surface area (Å²) in [5, 5.41) is 13.0. The number of carbonyl (C=O) groups excluding carboxylic acids is 1. The van der Waals surface area contributed by atoms with Crippen LogP contribution in [0.2, 0.25) is 0 Å². The molecule has 0 spiro atoms. The van der Waals surface area contributed by atoms with Gasteiger partial charge in [0, 0.05) is 0 Å². The summed E-state index contributed by atoms with van der Waals surface area (Å²) in [5.41, 5.74) is 3.16. The highest BCUT2D eigenvalue weighted by Crippen LogP contribution is 2.30. The van der Waals surface area contributed by atoms with Crippen LogP contribution < -0.4 is 14.9 Å². The van der Waals surface area contributed by atoms with Crippen molar-refractivity contribution in [2.45, 2.75) is 6.10 Å². The molecule has 1 heterocycles. The lowest BCUT2D eigenvalue weighted by molar-refractivity contribution is -0.130. The van der Waals surface area contributed by atoms with E-state index in [1.165, 1.54) is 18.3 Å². The van der Waals surface area contributed by atoms with Gasteiger partial charge in [-0.05, 0) is 42.0 Å². The van der Waals surface area contributed by atoms with E-state index >= 15 is 0 Å². The monoisotopic (exact) mass is 298 g/mol. The van der Waals surface area contributed by atoms with Crippen molar-refractivity contribution < 1.29 is 19.4 Å². The van der Waals surface area contributed by atoms with Crippen molar-refractivity contribution in [3.8, 4) is 17.2 Å². The Hall–Kier alpha value is -3.02. The van der Waals surface area contributed by atoms with Crippen LogP contribution in [0.15, 0.2) is 53.6 Å². The Kier molecular flexibility index (Phi) is 3.91. The quantitative estimate of drug-likeness (QED) is 0.667. The molecule has 1 aliphatic rings. The van der Waals surface area contributed by atoms with Gasteiger partial charge >= 0.3 is 0 Å². The zero-order valence-corrected chi connectivity index (χ0v) is 11.6. The first-order chi connectivity index (χ1) is 10.7. The number of nitrogens with one attached hydrogen (secondary N) is 1. The first-order valence-corrected chi connectivity index (χ1v) is 6.73. The Bertz CT molecular complexity index is 698. The Balaban J connectivity index is 1.58. The van der Waals surface area contributed by atoms with E-state index in [-0.39, 0.29) is 18.3 Å². The number of amides is 1. The van der Waals surface area contributed by atoms with Gasteiger partial charge in [0.1, 0.15) is 12.4 Å². The van der Waals surface area contributed by atoms with Crippen molar-refractivity contribution in [2.24, 2.45) is 5.10 Å². The van der Waals surface area contributed by atoms with Crippen molar-refractivity contribution in [2.75, 3.05) is 6.61 Å². The van der Waals surface area contributed by atoms with E-state index in [2.05, 4.69) is 10.5 Å². The number of hydrogen-bond acceptors (Lipinski definition) is 5. The maximum absolute atomic E-state index is 12.0. The molecule has 0 fully saturated rings. The van der Waals surface area contributed by atoms with Crippen molar-refractivity contribution >= 4 is 12.1 Å². The van der Waals surface area contributed by atoms with Crippen LogP contribution in [-0.2, 0) is 4.79 Å². The number of carbonyl (C=O) groups is 1. The molecule has 3 rings (SSSR count). The van der Waals surface area contributed by atoms with Crippen LogP contribution in [0.3, 0.4) is 0 Å². The Morgan fingerprint density at radius 2 is 1.91 bits per heavy atom. The van der Waals surface area contributed by atoms with Gasteiger partial charge in [0.25, 0.3) is 5.91 Å². The molecule has 6 heteroatoms. The number of phenols is 1. The highest BCUT2D eigenvalue weighted by atomic mass is 16.6. The van der Waals surface area contributed by atoms with Crippen LogP contribution in [0.5, 0.6) is 17.2 Å². The van der Waals surface area contributed by atoms with Gasteiger partial charge in [0.15, 0.2) is 11.5 Å². The molecule has 0 bridgehead atoms. The first-order valence-electron chi connectivity index (χ1n) is 6.73. The van der Waals surface area contributed by atoms with Crippen LogP contribution in [0, 0.1) is 0 Å². The molecule has 0 saturated heterocycles. The van der Waals surface area contributed by atoms with E-state index in [4.69, 9.17) is 9.47 Å². The predicted molar refractivity (Wildman–Crippen MR) is 80.2 cm³/mol. The molecule has 0 aliphatic carbocycles. The van der Waals surface area contributed by atoms with Crippen molar-refractivity contribution in [3.05, 3.63) is 54.1 Å². The molecule has 2 aromatic carbocycles. The van der Waals surface area contributed by atoms with Crippen LogP contribution in [0.1, 0.15) is 5.56 Å². The van der Waals surface area contributed by atoms with Crippen molar-refractivity contribution in [1.29, 1.82) is 0 Å². The lowest BCUT2D eigenvalue weighted by Gasteiger charge is -2.24. The number of hydrazone groups is 1. The average molecular weight is 298 g/mol. The molecule has 22 heavy (non-hydrogen) atoms. The summed E-state index contributed by atoms with van der Waals surface area (Å²) in [7, 11) is 0. The molecule has 6 nitrogen and oxygen atoms in total. The molecule has 2 N–H and O–H groups in total. The minimum atomic E-state index is -0.744. The number of aromatic hydroxyl groups is 1. The summed E-state index contributed by atoms with van der Waals surface area (Å²) in [6.07, 6.45) is 0.737. The van der Waals surface area contributed by atoms with E-state index < -0.39 is 6.10 Å². The standard InChI is InChI=1S/C16H14N2O4/c19-12-7-5-11(6-8-12)9-17-18-16(20)15-10-21-13-3-1-2-4-14(13)22-15/h1-9,15,19H,10H2,(H,18,20)/b17-9+/t15-/m1/s1. The largest absolute Gasteiger partial charge is 0.508 e. The second-order valence-corrected chi connectivity index (χ2v) is 4.69. The number of hydrogen-bond donors (Lipinski definition) is 2. The highest BCUT2D eigenvalue weighted by molar-refractivity contribution is 5.85. The molecule has 0 aromatic heterocycles. The number of phenolic OH excluding ortho intramolecular Hbond substituents is 1. The van der Waals surface area contributed by atoms with Gasteiger partial charge in [0.05, 0.1) is 6.21 Å². The fraction of sp³-hybridized carbons (Fsp3) is 0.125. The van der Waals surface area contributed by atoms with Crippen molar-refractivity contribution in [3.63, 3.8) is 0 Å². The minimum absolute atomic E-state index is 0.136. The van der Waals surface area contributed by atoms with Crippen LogP contribution in [-0.4, -0.2) is 29.9 Å². The Labute approximate surface area is 127 Å². The van der Waals surface area contributed by atoms with Gasteiger partial charge in [-0.15, -0.1) is 0 Å². The molecule has 1 aliphatic heterocycles. The predicted octanol–water partition coefficient (Wildman–Crippen LogP) is 1.68. The van der Waals surface area contributed by atoms with Gasteiger partial charge < -0.3 is 14.6 Å². The topological polar surface area (TPSA) is 80.2 Å². The van der Waals surface area contributed by atoms with E-state index in [9.17, 15) is 9.90 Å². The lowest BCUT2D eigenvalue weighted by atomic mass is 10.2. The third-order valence-corrected chi connectivity index (χ3v) is 3.08. The van der Waals surface area contributed by atoms with Gasteiger partial charge in [-0.3, -0.25) is 4.79 Å². The maximum Gasteiger partial charge on any atom is 0.284 e. The summed E-state index contributed by atoms with van der Waals surface area (Å²) in [5.74, 6) is 0.952. The van der Waals surface area contributed by atoms with Gasteiger partial charge in [-0.25, -0.2) is 5.43 Å². The van der Waals surface area contributed by atoms with Crippen LogP contribution in [0.4, 0.5) is 0 Å². The fourth-order valence-electron chi connectivity index (χ4n) is 1.95. The van der Waals surface area contributed by atoms with E-state index in [0.717, 1.165) is 5.56 Å².